The van der Waals surface area contributed by atoms with Gasteiger partial charge in [-0.1, -0.05) is 24.3 Å². The topological polar surface area (TPSA) is 76.7 Å². The molecule has 0 heterocycles. The Kier molecular flexibility index (Phi) is 7.18. The highest BCUT2D eigenvalue weighted by atomic mass is 19.3. The van der Waals surface area contributed by atoms with E-state index in [1.54, 1.807) is 19.2 Å². The van der Waals surface area contributed by atoms with Gasteiger partial charge in [0.25, 0.3) is 0 Å². The Morgan fingerprint density at radius 3 is 2.30 bits per heavy atom. The third kappa shape index (κ3) is 6.30. The molecule has 0 fully saturated rings. The fourth-order valence-corrected chi connectivity index (χ4v) is 2.14. The van der Waals surface area contributed by atoms with Gasteiger partial charge < -0.3 is 20.1 Å². The summed E-state index contributed by atoms with van der Waals surface area (Å²) in [6, 6.07) is 10.1. The molecule has 0 aliphatic carbocycles. The summed E-state index contributed by atoms with van der Waals surface area (Å²) in [6.07, 6.45) is 0. The van der Waals surface area contributed by atoms with E-state index in [4.69, 9.17) is 4.74 Å². The molecule has 0 radical (unpaired) electrons. The molecule has 0 aliphatic heterocycles. The second kappa shape index (κ2) is 9.58. The van der Waals surface area contributed by atoms with E-state index in [9.17, 15) is 22.8 Å². The standard InChI is InChI=1S/C18H17F3N2O4/c1-26-10-12-4-2-11(3-5-12)9-22-16(24)17(25)23-13-6-7-15(14(19)8-13)27-18(20)21/h2-8,18H,9-10H2,1H3,(H,22,24)(H,23,25). The van der Waals surface area contributed by atoms with E-state index in [2.05, 4.69) is 15.4 Å². The molecular weight excluding hydrogens is 365 g/mol. The van der Waals surface area contributed by atoms with Crippen molar-refractivity contribution in [2.75, 3.05) is 12.4 Å². The number of benzene rings is 2. The Morgan fingerprint density at radius 1 is 1.04 bits per heavy atom. The predicted molar refractivity (Wildman–Crippen MR) is 90.7 cm³/mol. The molecule has 0 aliphatic rings. The largest absolute Gasteiger partial charge is 0.432 e. The highest BCUT2D eigenvalue weighted by Crippen LogP contribution is 2.22. The third-order valence-corrected chi connectivity index (χ3v) is 3.40. The minimum absolute atomic E-state index is 0.0711. The van der Waals surface area contributed by atoms with Crippen LogP contribution >= 0.6 is 0 Å². The van der Waals surface area contributed by atoms with E-state index >= 15 is 0 Å². The zero-order valence-corrected chi connectivity index (χ0v) is 14.3. The first-order chi connectivity index (χ1) is 12.9. The highest BCUT2D eigenvalue weighted by molar-refractivity contribution is 6.39. The number of halogens is 3. The predicted octanol–water partition coefficient (Wildman–Crippen LogP) is 2.83. The molecule has 2 rings (SSSR count). The van der Waals surface area contributed by atoms with Crippen LogP contribution in [0.5, 0.6) is 5.75 Å². The van der Waals surface area contributed by atoms with Gasteiger partial charge in [0.2, 0.25) is 0 Å². The van der Waals surface area contributed by atoms with Crippen molar-refractivity contribution >= 4 is 17.5 Å². The number of alkyl halides is 2. The van der Waals surface area contributed by atoms with E-state index in [1.165, 1.54) is 0 Å². The SMILES string of the molecule is COCc1ccc(CNC(=O)C(=O)Nc2ccc(OC(F)F)c(F)c2)cc1. The first-order valence-corrected chi connectivity index (χ1v) is 7.79. The van der Waals surface area contributed by atoms with Gasteiger partial charge in [-0.3, -0.25) is 9.59 Å². The molecule has 0 aromatic heterocycles. The lowest BCUT2D eigenvalue weighted by molar-refractivity contribution is -0.136. The van der Waals surface area contributed by atoms with Crippen molar-refractivity contribution in [2.45, 2.75) is 19.8 Å². The van der Waals surface area contributed by atoms with Gasteiger partial charge in [0.1, 0.15) is 0 Å². The smallest absolute Gasteiger partial charge is 0.387 e. The summed E-state index contributed by atoms with van der Waals surface area (Å²) >= 11 is 0. The van der Waals surface area contributed by atoms with Crippen molar-refractivity contribution in [3.05, 3.63) is 59.4 Å². The van der Waals surface area contributed by atoms with Gasteiger partial charge in [0, 0.05) is 25.4 Å². The molecule has 27 heavy (non-hydrogen) atoms. The number of anilines is 1. The Morgan fingerprint density at radius 2 is 1.70 bits per heavy atom. The number of methoxy groups -OCH3 is 1. The summed E-state index contributed by atoms with van der Waals surface area (Å²) < 4.78 is 46.7. The Balaban J connectivity index is 1.88. The first-order valence-electron chi connectivity index (χ1n) is 7.79. The van der Waals surface area contributed by atoms with Crippen LogP contribution in [-0.4, -0.2) is 25.5 Å². The quantitative estimate of drug-likeness (QED) is 0.722. The fourth-order valence-electron chi connectivity index (χ4n) is 2.14. The number of hydrogen-bond donors (Lipinski definition) is 2. The molecule has 2 aromatic rings. The molecule has 2 N–H and O–H groups in total. The van der Waals surface area contributed by atoms with E-state index in [0.717, 1.165) is 29.3 Å². The summed E-state index contributed by atoms with van der Waals surface area (Å²) in [7, 11) is 1.58. The molecule has 6 nitrogen and oxygen atoms in total. The van der Waals surface area contributed by atoms with Crippen LogP contribution in [0.1, 0.15) is 11.1 Å². The maximum Gasteiger partial charge on any atom is 0.387 e. The van der Waals surface area contributed by atoms with Crippen LogP contribution in [0.2, 0.25) is 0 Å². The number of carbonyl (C=O) groups is 2. The second-order valence-corrected chi connectivity index (χ2v) is 5.41. The third-order valence-electron chi connectivity index (χ3n) is 3.40. The fraction of sp³-hybridized carbons (Fsp3) is 0.222. The summed E-state index contributed by atoms with van der Waals surface area (Å²) in [5.74, 6) is -3.70. The average Bonchev–Trinajstić information content (AvgIpc) is 2.63. The van der Waals surface area contributed by atoms with Crippen LogP contribution in [0.4, 0.5) is 18.9 Å². The van der Waals surface area contributed by atoms with Crippen molar-refractivity contribution in [3.8, 4) is 5.75 Å². The molecule has 0 saturated carbocycles. The van der Waals surface area contributed by atoms with Crippen molar-refractivity contribution in [3.63, 3.8) is 0 Å². The minimum Gasteiger partial charge on any atom is -0.432 e. The van der Waals surface area contributed by atoms with Gasteiger partial charge in [0.15, 0.2) is 11.6 Å². The second-order valence-electron chi connectivity index (χ2n) is 5.41. The number of nitrogens with one attached hydrogen (secondary N) is 2. The van der Waals surface area contributed by atoms with E-state index in [-0.39, 0.29) is 12.2 Å². The van der Waals surface area contributed by atoms with E-state index in [1.807, 2.05) is 12.1 Å². The van der Waals surface area contributed by atoms with Crippen LogP contribution in [0.3, 0.4) is 0 Å². The van der Waals surface area contributed by atoms with Gasteiger partial charge in [-0.15, -0.1) is 0 Å². The van der Waals surface area contributed by atoms with Crippen LogP contribution in [-0.2, 0) is 27.5 Å². The Hall–Kier alpha value is -3.07. The maximum atomic E-state index is 13.6. The van der Waals surface area contributed by atoms with Gasteiger partial charge in [-0.25, -0.2) is 4.39 Å². The van der Waals surface area contributed by atoms with Gasteiger partial charge >= 0.3 is 18.4 Å². The number of amides is 2. The molecular formula is C18H17F3N2O4. The van der Waals surface area contributed by atoms with E-state index in [0.29, 0.717) is 6.61 Å². The van der Waals surface area contributed by atoms with Gasteiger partial charge in [-0.2, -0.15) is 8.78 Å². The van der Waals surface area contributed by atoms with Crippen LogP contribution in [0, 0.1) is 5.82 Å². The van der Waals surface area contributed by atoms with Gasteiger partial charge in [-0.05, 0) is 23.3 Å². The first kappa shape index (κ1) is 20.2. The van der Waals surface area contributed by atoms with Gasteiger partial charge in [0.05, 0.1) is 6.61 Å². The lowest BCUT2D eigenvalue weighted by Crippen LogP contribution is -2.35. The normalized spacial score (nSPS) is 10.6. The number of rotatable bonds is 7. The lowest BCUT2D eigenvalue weighted by atomic mass is 10.1. The molecule has 2 aromatic carbocycles. The molecule has 144 valence electrons. The summed E-state index contributed by atoms with van der Waals surface area (Å²) in [5.41, 5.74) is 1.67. The van der Waals surface area contributed by atoms with E-state index < -0.39 is 30.0 Å². The number of carbonyl (C=O) groups excluding carboxylic acids is 2. The molecule has 0 atom stereocenters. The number of ether oxygens (including phenoxy) is 2. The molecule has 2 amide bonds. The Bertz CT molecular complexity index is 798. The van der Waals surface area contributed by atoms with Crippen LogP contribution < -0.4 is 15.4 Å². The minimum atomic E-state index is -3.17. The molecule has 0 bridgehead atoms. The molecule has 0 unspecified atom stereocenters. The lowest BCUT2D eigenvalue weighted by Gasteiger charge is -2.09. The maximum absolute atomic E-state index is 13.6. The average molecular weight is 382 g/mol. The van der Waals surface area contributed by atoms with Crippen molar-refractivity contribution in [1.82, 2.24) is 5.32 Å². The molecule has 9 heteroatoms. The van der Waals surface area contributed by atoms with Crippen molar-refractivity contribution < 1.29 is 32.2 Å². The number of hydrogen-bond acceptors (Lipinski definition) is 4. The highest BCUT2D eigenvalue weighted by Gasteiger charge is 2.15. The zero-order valence-electron chi connectivity index (χ0n) is 14.3. The molecule has 0 saturated heterocycles. The van der Waals surface area contributed by atoms with Crippen molar-refractivity contribution in [1.29, 1.82) is 0 Å². The Labute approximate surface area is 153 Å². The monoisotopic (exact) mass is 382 g/mol. The molecule has 0 spiro atoms. The summed E-state index contributed by atoms with van der Waals surface area (Å²) in [4.78, 5) is 23.7. The van der Waals surface area contributed by atoms with Crippen molar-refractivity contribution in [2.24, 2.45) is 0 Å². The van der Waals surface area contributed by atoms with Crippen LogP contribution in [0.15, 0.2) is 42.5 Å². The summed E-state index contributed by atoms with van der Waals surface area (Å²) in [5, 5.41) is 4.60. The summed E-state index contributed by atoms with van der Waals surface area (Å²) in [6.45, 7) is -2.59. The zero-order chi connectivity index (χ0) is 19.8. The van der Waals surface area contributed by atoms with Crippen LogP contribution in [0.25, 0.3) is 0 Å².